The van der Waals surface area contributed by atoms with Gasteiger partial charge in [-0.05, 0) is 50.0 Å². The van der Waals surface area contributed by atoms with Gasteiger partial charge in [0.05, 0.1) is 6.10 Å². The van der Waals surface area contributed by atoms with E-state index in [4.69, 9.17) is 4.74 Å². The minimum atomic E-state index is -1.96. The summed E-state index contributed by atoms with van der Waals surface area (Å²) in [5.41, 5.74) is -4.78. The van der Waals surface area contributed by atoms with E-state index in [1.54, 1.807) is 6.08 Å². The zero-order valence-electron chi connectivity index (χ0n) is 21.7. The van der Waals surface area contributed by atoms with Crippen molar-refractivity contribution in [1.29, 1.82) is 0 Å². The zero-order chi connectivity index (χ0) is 26.0. The molecule has 0 bridgehead atoms. The fourth-order valence-corrected chi connectivity index (χ4v) is 8.83. The van der Waals surface area contributed by atoms with Gasteiger partial charge < -0.3 is 14.9 Å². The molecular weight excluding hydrogens is 451 g/mol. The smallest absolute Gasteiger partial charge is 0.306 e. The molecule has 0 aromatic carbocycles. The number of allylic oxidation sites excluding steroid dienone is 1. The monoisotopic (exact) mass is 492 g/mol. The van der Waals surface area contributed by atoms with E-state index < -0.39 is 58.4 Å². The number of halogens is 1. The van der Waals surface area contributed by atoms with E-state index in [1.165, 1.54) is 0 Å². The Morgan fingerprint density at radius 2 is 1.89 bits per heavy atom. The SMILES string of the molecule is CCCCC(=O)O[C@]1(C(=O)CO)[C@@H](C)C[C@H]2[C@@H]3C[C@H](C)C4=CC(=O)CC[C@]4(C)[C@@]3(F)[C@@H](O)C[C@@]21C. The Labute approximate surface area is 207 Å². The van der Waals surface area contributed by atoms with Crippen molar-refractivity contribution < 1.29 is 33.7 Å². The first-order valence-corrected chi connectivity index (χ1v) is 13.3. The molecule has 0 aromatic heterocycles. The molecule has 0 amide bonds. The van der Waals surface area contributed by atoms with E-state index >= 15 is 4.39 Å². The number of carbonyl (C=O) groups is 3. The Balaban J connectivity index is 1.82. The Morgan fingerprint density at radius 1 is 1.20 bits per heavy atom. The summed E-state index contributed by atoms with van der Waals surface area (Å²) in [7, 11) is 0. The van der Waals surface area contributed by atoms with Gasteiger partial charge in [0.2, 0.25) is 5.78 Å². The molecule has 0 saturated heterocycles. The van der Waals surface area contributed by atoms with Gasteiger partial charge in [-0.3, -0.25) is 14.4 Å². The number of carbonyl (C=O) groups excluding carboxylic acids is 3. The van der Waals surface area contributed by atoms with Gasteiger partial charge in [-0.25, -0.2) is 4.39 Å². The van der Waals surface area contributed by atoms with Gasteiger partial charge >= 0.3 is 5.97 Å². The first kappa shape index (κ1) is 26.5. The highest BCUT2D eigenvalue weighted by molar-refractivity contribution is 5.93. The summed E-state index contributed by atoms with van der Waals surface area (Å²) in [5, 5.41) is 21.5. The largest absolute Gasteiger partial charge is 0.450 e. The summed E-state index contributed by atoms with van der Waals surface area (Å²) in [4.78, 5) is 38.5. The second-order valence-corrected chi connectivity index (χ2v) is 12.2. The van der Waals surface area contributed by atoms with Crippen LogP contribution in [0.25, 0.3) is 0 Å². The van der Waals surface area contributed by atoms with Gasteiger partial charge in [0.15, 0.2) is 11.4 Å². The summed E-state index contributed by atoms with van der Waals surface area (Å²) < 4.78 is 23.5. The molecule has 0 unspecified atom stereocenters. The summed E-state index contributed by atoms with van der Waals surface area (Å²) in [6, 6.07) is 0. The molecule has 7 heteroatoms. The Hall–Kier alpha value is -1.60. The van der Waals surface area contributed by atoms with Crippen LogP contribution in [-0.2, 0) is 19.1 Å². The van der Waals surface area contributed by atoms with Crippen LogP contribution < -0.4 is 0 Å². The lowest BCUT2D eigenvalue weighted by Gasteiger charge is -2.64. The first-order valence-electron chi connectivity index (χ1n) is 13.3. The van der Waals surface area contributed by atoms with Crippen molar-refractivity contribution in [1.82, 2.24) is 0 Å². The van der Waals surface area contributed by atoms with Crippen molar-refractivity contribution in [3.63, 3.8) is 0 Å². The van der Waals surface area contributed by atoms with Crippen LogP contribution in [0, 0.1) is 34.5 Å². The lowest BCUT2D eigenvalue weighted by Crippen LogP contribution is -2.71. The van der Waals surface area contributed by atoms with Crippen molar-refractivity contribution in [3.05, 3.63) is 11.6 Å². The Morgan fingerprint density at radius 3 is 2.51 bits per heavy atom. The van der Waals surface area contributed by atoms with Crippen LogP contribution in [0.4, 0.5) is 4.39 Å². The van der Waals surface area contributed by atoms with E-state index in [1.807, 2.05) is 34.6 Å². The molecule has 4 aliphatic rings. The van der Waals surface area contributed by atoms with Crippen LogP contribution in [0.15, 0.2) is 11.6 Å². The maximum Gasteiger partial charge on any atom is 0.306 e. The molecule has 0 radical (unpaired) electrons. The zero-order valence-corrected chi connectivity index (χ0v) is 21.7. The predicted molar refractivity (Wildman–Crippen MR) is 128 cm³/mol. The van der Waals surface area contributed by atoms with E-state index in [-0.39, 0.29) is 36.9 Å². The lowest BCUT2D eigenvalue weighted by atomic mass is 9.42. The molecule has 0 heterocycles. The number of aliphatic hydroxyl groups is 2. The van der Waals surface area contributed by atoms with Crippen molar-refractivity contribution in [3.8, 4) is 0 Å². The molecule has 0 spiro atoms. The molecular formula is C28H41FO6. The van der Waals surface area contributed by atoms with Crippen LogP contribution in [0.2, 0.25) is 0 Å². The second-order valence-electron chi connectivity index (χ2n) is 12.2. The van der Waals surface area contributed by atoms with Gasteiger partial charge in [-0.1, -0.05) is 46.6 Å². The van der Waals surface area contributed by atoms with Gasteiger partial charge in [-0.15, -0.1) is 0 Å². The normalized spacial score (nSPS) is 46.8. The average molecular weight is 493 g/mol. The van der Waals surface area contributed by atoms with Crippen molar-refractivity contribution in [2.45, 2.75) is 103 Å². The summed E-state index contributed by atoms with van der Waals surface area (Å²) in [6.45, 7) is 8.72. The van der Waals surface area contributed by atoms with Gasteiger partial charge in [0, 0.05) is 35.5 Å². The molecule has 2 N–H and O–H groups in total. The third-order valence-electron chi connectivity index (χ3n) is 10.5. The molecule has 4 rings (SSSR count). The third kappa shape index (κ3) is 3.36. The summed E-state index contributed by atoms with van der Waals surface area (Å²) in [5.74, 6) is -2.41. The quantitative estimate of drug-likeness (QED) is 0.541. The third-order valence-corrected chi connectivity index (χ3v) is 10.5. The number of ether oxygens (including phenoxy) is 1. The second kappa shape index (κ2) is 8.76. The topological polar surface area (TPSA) is 101 Å². The number of hydrogen-bond acceptors (Lipinski definition) is 6. The number of unbranched alkanes of at least 4 members (excludes halogenated alkanes) is 1. The molecule has 9 atom stereocenters. The minimum absolute atomic E-state index is 0.00236. The van der Waals surface area contributed by atoms with Crippen LogP contribution in [0.1, 0.15) is 86.0 Å². The standard InChI is InChI=1S/C28H41FO6/c1-6-7-8-24(34)35-28(23(33)15-30)17(3)12-20-21-11-16(2)19-13-18(31)9-10-25(19,4)27(21,29)22(32)14-26(20,28)5/h13,16-17,20-22,30,32H,6-12,14-15H2,1-5H3/t16-,17-,20-,21-,22-,25-,26-,27-,28-/m0/s1. The number of ketones is 2. The average Bonchev–Trinajstić information content (AvgIpc) is 3.02. The highest BCUT2D eigenvalue weighted by atomic mass is 19.1. The summed E-state index contributed by atoms with van der Waals surface area (Å²) >= 11 is 0. The first-order chi connectivity index (χ1) is 16.3. The van der Waals surface area contributed by atoms with Crippen molar-refractivity contribution in [2.75, 3.05) is 6.61 Å². The number of alkyl halides is 1. The van der Waals surface area contributed by atoms with Crippen LogP contribution in [-0.4, -0.2) is 51.7 Å². The molecule has 6 nitrogen and oxygen atoms in total. The van der Waals surface area contributed by atoms with E-state index in [2.05, 4.69) is 0 Å². The number of esters is 1. The Kier molecular flexibility index (Phi) is 6.62. The molecule has 3 fully saturated rings. The van der Waals surface area contributed by atoms with E-state index in [9.17, 15) is 24.6 Å². The van der Waals surface area contributed by atoms with E-state index in [0.717, 1.165) is 12.0 Å². The van der Waals surface area contributed by atoms with Crippen molar-refractivity contribution in [2.24, 2.45) is 34.5 Å². The van der Waals surface area contributed by atoms with Crippen molar-refractivity contribution >= 4 is 17.5 Å². The highest BCUT2D eigenvalue weighted by Gasteiger charge is 2.77. The molecule has 196 valence electrons. The van der Waals surface area contributed by atoms with Crippen LogP contribution in [0.5, 0.6) is 0 Å². The molecule has 3 saturated carbocycles. The van der Waals surface area contributed by atoms with Gasteiger partial charge in [0.1, 0.15) is 12.3 Å². The maximum absolute atomic E-state index is 17.5. The van der Waals surface area contributed by atoms with Crippen LogP contribution in [0.3, 0.4) is 0 Å². The summed E-state index contributed by atoms with van der Waals surface area (Å²) in [6.07, 6.45) is 3.25. The molecule has 0 aliphatic heterocycles. The Bertz CT molecular complexity index is 946. The van der Waals surface area contributed by atoms with Gasteiger partial charge in [0.25, 0.3) is 0 Å². The number of fused-ring (bicyclic) bond motifs is 5. The fourth-order valence-electron chi connectivity index (χ4n) is 8.83. The molecule has 35 heavy (non-hydrogen) atoms. The predicted octanol–water partition coefficient (Wildman–Crippen LogP) is 4.11. The molecule has 4 aliphatic carbocycles. The number of hydrogen-bond donors (Lipinski definition) is 2. The molecule has 0 aromatic rings. The number of Topliss-reactive ketones (excluding diaryl/α,β-unsaturated/α-hetero) is 1. The van der Waals surface area contributed by atoms with E-state index in [0.29, 0.717) is 25.7 Å². The maximum atomic E-state index is 17.5. The highest BCUT2D eigenvalue weighted by Crippen LogP contribution is 2.72. The number of rotatable bonds is 6. The fraction of sp³-hybridized carbons (Fsp3) is 0.821. The van der Waals surface area contributed by atoms with Crippen LogP contribution >= 0.6 is 0 Å². The number of aliphatic hydroxyl groups excluding tert-OH is 2. The minimum Gasteiger partial charge on any atom is -0.450 e. The lowest BCUT2D eigenvalue weighted by molar-refractivity contribution is -0.238. The van der Waals surface area contributed by atoms with Gasteiger partial charge in [-0.2, -0.15) is 0 Å².